The van der Waals surface area contributed by atoms with Crippen LogP contribution in [0, 0.1) is 0 Å². The van der Waals surface area contributed by atoms with Crippen molar-refractivity contribution in [3.8, 4) is 5.88 Å². The van der Waals surface area contributed by atoms with Gasteiger partial charge < -0.3 is 15.4 Å². The first-order valence-electron chi connectivity index (χ1n) is 8.14. The molecule has 1 amide bonds. The van der Waals surface area contributed by atoms with Crippen molar-refractivity contribution < 1.29 is 9.53 Å². The largest absolute Gasteiger partial charge is 0.480 e. The Morgan fingerprint density at radius 3 is 2.88 bits per heavy atom. The number of nitrogens with zero attached hydrogens (tertiary/aromatic N) is 3. The van der Waals surface area contributed by atoms with Gasteiger partial charge in [0.25, 0.3) is 0 Å². The van der Waals surface area contributed by atoms with E-state index in [0.29, 0.717) is 28.8 Å². The fraction of sp³-hybridized carbons (Fsp3) is 0.500. The Morgan fingerprint density at radius 1 is 1.44 bits per heavy atom. The van der Waals surface area contributed by atoms with Gasteiger partial charge >= 0.3 is 0 Å². The third-order valence-corrected chi connectivity index (χ3v) is 6.43. The second kappa shape index (κ2) is 6.21. The second-order valence-corrected chi connectivity index (χ2v) is 8.37. The lowest BCUT2D eigenvalue weighted by molar-refractivity contribution is -0.123. The molecule has 2 aromatic rings. The number of anilines is 2. The van der Waals surface area contributed by atoms with Crippen LogP contribution < -0.4 is 15.4 Å². The van der Waals surface area contributed by atoms with Gasteiger partial charge in [0, 0.05) is 12.5 Å². The van der Waals surface area contributed by atoms with Crippen LogP contribution in [0.2, 0.25) is 0 Å². The molecule has 9 heteroatoms. The van der Waals surface area contributed by atoms with Crippen molar-refractivity contribution in [2.45, 2.75) is 37.5 Å². The molecular weight excluding hydrogens is 406 g/mol. The maximum Gasteiger partial charge on any atom is 0.232 e. The summed E-state index contributed by atoms with van der Waals surface area (Å²) in [4.78, 5) is 25.7. The molecule has 1 atom stereocenters. The van der Waals surface area contributed by atoms with E-state index in [9.17, 15) is 4.79 Å². The van der Waals surface area contributed by atoms with Crippen molar-refractivity contribution in [2.75, 3.05) is 19.0 Å². The predicted octanol–water partition coefficient (Wildman–Crippen LogP) is 3.10. The molecule has 7 nitrogen and oxygen atoms in total. The summed E-state index contributed by atoms with van der Waals surface area (Å²) in [6.45, 7) is 2.66. The first-order chi connectivity index (χ1) is 12.0. The molecule has 25 heavy (non-hydrogen) atoms. The number of carbonyl (C=O) groups is 1. The highest BCUT2D eigenvalue weighted by molar-refractivity contribution is 9.10. The van der Waals surface area contributed by atoms with E-state index in [1.165, 1.54) is 11.3 Å². The van der Waals surface area contributed by atoms with Crippen LogP contribution in [0.5, 0.6) is 5.88 Å². The number of halogens is 1. The number of amides is 1. The minimum absolute atomic E-state index is 0.0525. The van der Waals surface area contributed by atoms with E-state index < -0.39 is 5.41 Å². The first kappa shape index (κ1) is 16.7. The van der Waals surface area contributed by atoms with E-state index >= 15 is 0 Å². The summed E-state index contributed by atoms with van der Waals surface area (Å²) in [5.41, 5.74) is 0.471. The molecule has 4 rings (SSSR count). The van der Waals surface area contributed by atoms with Crippen molar-refractivity contribution in [1.29, 1.82) is 0 Å². The van der Waals surface area contributed by atoms with Gasteiger partial charge in [-0.25, -0.2) is 9.97 Å². The average molecular weight is 424 g/mol. The molecule has 3 heterocycles. The fourth-order valence-electron chi connectivity index (χ4n) is 2.89. The van der Waals surface area contributed by atoms with Crippen LogP contribution in [-0.2, 0) is 10.2 Å². The van der Waals surface area contributed by atoms with Gasteiger partial charge in [-0.1, -0.05) is 11.3 Å². The highest BCUT2D eigenvalue weighted by atomic mass is 79.9. The molecule has 0 bridgehead atoms. The predicted molar refractivity (Wildman–Crippen MR) is 98.6 cm³/mol. The number of hydrogen-bond donors (Lipinski definition) is 2. The molecule has 1 aliphatic carbocycles. The van der Waals surface area contributed by atoms with Gasteiger partial charge in [0.05, 0.1) is 28.9 Å². The van der Waals surface area contributed by atoms with Crippen LogP contribution in [-0.4, -0.2) is 34.5 Å². The molecule has 0 radical (unpaired) electrons. The van der Waals surface area contributed by atoms with E-state index in [4.69, 9.17) is 9.72 Å². The number of ether oxygens (including phenoxy) is 1. The molecule has 1 aliphatic heterocycles. The Bertz CT molecular complexity index is 838. The average Bonchev–Trinajstić information content (AvgIpc) is 3.27. The zero-order valence-corrected chi connectivity index (χ0v) is 16.3. The third-order valence-electron chi connectivity index (χ3n) is 4.63. The number of nitrogens with one attached hydrogen (secondary N) is 2. The highest BCUT2D eigenvalue weighted by Gasteiger charge is 2.43. The molecule has 0 aromatic carbocycles. The van der Waals surface area contributed by atoms with E-state index in [0.717, 1.165) is 35.0 Å². The van der Waals surface area contributed by atoms with Crippen molar-refractivity contribution in [3.63, 3.8) is 0 Å². The molecule has 132 valence electrons. The summed E-state index contributed by atoms with van der Waals surface area (Å²) >= 11 is 4.88. The zero-order chi connectivity index (χ0) is 17.6. The maximum atomic E-state index is 12.3. The summed E-state index contributed by atoms with van der Waals surface area (Å²) < 4.78 is 5.92. The lowest BCUT2D eigenvalue weighted by Gasteiger charge is -2.16. The van der Waals surface area contributed by atoms with Crippen molar-refractivity contribution in [1.82, 2.24) is 20.3 Å². The lowest BCUT2D eigenvalue weighted by atomic mass is 9.90. The molecule has 1 unspecified atom stereocenters. The van der Waals surface area contributed by atoms with Crippen LogP contribution in [0.3, 0.4) is 0 Å². The van der Waals surface area contributed by atoms with Gasteiger partial charge in [-0.05, 0) is 42.1 Å². The number of rotatable bonds is 5. The Labute approximate surface area is 157 Å². The smallest absolute Gasteiger partial charge is 0.232 e. The number of carbonyl (C=O) groups excluding carboxylic acids is 1. The number of thiazole rings is 1. The van der Waals surface area contributed by atoms with Crippen LogP contribution >= 0.6 is 27.3 Å². The number of aromatic nitrogens is 3. The van der Waals surface area contributed by atoms with Crippen molar-refractivity contribution in [2.24, 2.45) is 0 Å². The minimum Gasteiger partial charge on any atom is -0.480 e. The summed E-state index contributed by atoms with van der Waals surface area (Å²) in [5.74, 6) is 1.44. The van der Waals surface area contributed by atoms with Gasteiger partial charge in [-0.15, -0.1) is 0 Å². The first-order valence-corrected chi connectivity index (χ1v) is 9.75. The summed E-state index contributed by atoms with van der Waals surface area (Å²) in [6.07, 6.45) is 4.68. The van der Waals surface area contributed by atoms with Crippen molar-refractivity contribution >= 4 is 44.1 Å². The van der Waals surface area contributed by atoms with E-state index in [-0.39, 0.29) is 5.91 Å². The Morgan fingerprint density at radius 2 is 2.24 bits per heavy atom. The minimum atomic E-state index is -0.549. The topological polar surface area (TPSA) is 89.0 Å². The standard InChI is InChI=1S/C16H18BrN5O2S/c1-16(5-6-18-13(16)23)14-20-10(8-3-4-8)12(25-14)22-15-19-7-9(17)11(21-15)24-2/h7-8H,3-6H2,1-2H3,(H,18,23)(H,19,21,22). The molecule has 2 aromatic heterocycles. The normalized spacial score (nSPS) is 22.8. The van der Waals surface area contributed by atoms with Crippen LogP contribution in [0.1, 0.15) is 42.8 Å². The van der Waals surface area contributed by atoms with Crippen LogP contribution in [0.4, 0.5) is 10.9 Å². The molecule has 2 N–H and O–H groups in total. The molecule has 2 fully saturated rings. The number of hydrogen-bond acceptors (Lipinski definition) is 7. The molecular formula is C16H18BrN5O2S. The highest BCUT2D eigenvalue weighted by Crippen LogP contribution is 2.48. The summed E-state index contributed by atoms with van der Waals surface area (Å²) in [7, 11) is 1.57. The third kappa shape index (κ3) is 2.99. The van der Waals surface area contributed by atoms with E-state index in [2.05, 4.69) is 36.5 Å². The lowest BCUT2D eigenvalue weighted by Crippen LogP contribution is -2.32. The van der Waals surface area contributed by atoms with Crippen molar-refractivity contribution in [3.05, 3.63) is 21.4 Å². The van der Waals surface area contributed by atoms with Gasteiger partial charge in [-0.3, -0.25) is 4.79 Å². The summed E-state index contributed by atoms with van der Waals surface area (Å²) in [5, 5.41) is 7.96. The molecule has 1 saturated carbocycles. The Kier molecular flexibility index (Phi) is 4.15. The fourth-order valence-corrected chi connectivity index (χ4v) is 4.46. The van der Waals surface area contributed by atoms with Gasteiger partial charge in [0.1, 0.15) is 10.0 Å². The molecule has 1 saturated heterocycles. The number of methoxy groups -OCH3 is 1. The molecule has 2 aliphatic rings. The summed E-state index contributed by atoms with van der Waals surface area (Å²) in [6, 6.07) is 0. The van der Waals surface area contributed by atoms with Gasteiger partial charge in [-0.2, -0.15) is 4.98 Å². The zero-order valence-electron chi connectivity index (χ0n) is 13.9. The maximum absolute atomic E-state index is 12.3. The molecule has 0 spiro atoms. The van der Waals surface area contributed by atoms with Crippen LogP contribution in [0.15, 0.2) is 10.7 Å². The SMILES string of the molecule is COc1nc(Nc2sc(C3(C)CCNC3=O)nc2C2CC2)ncc1Br. The quantitative estimate of drug-likeness (QED) is 0.767. The van der Waals surface area contributed by atoms with E-state index in [1.807, 2.05) is 6.92 Å². The van der Waals surface area contributed by atoms with E-state index in [1.54, 1.807) is 13.3 Å². The van der Waals surface area contributed by atoms with Crippen LogP contribution in [0.25, 0.3) is 0 Å². The monoisotopic (exact) mass is 423 g/mol. The second-order valence-electron chi connectivity index (χ2n) is 6.52. The Hall–Kier alpha value is -1.74. The van der Waals surface area contributed by atoms with Gasteiger partial charge in [0.2, 0.25) is 17.7 Å². The Balaban J connectivity index is 1.68. The van der Waals surface area contributed by atoms with Gasteiger partial charge in [0.15, 0.2) is 0 Å².